The molecule has 0 saturated heterocycles. The largest absolute Gasteiger partial charge is 0.458 e. The summed E-state index contributed by atoms with van der Waals surface area (Å²) < 4.78 is 16.5. The van der Waals surface area contributed by atoms with Crippen molar-refractivity contribution in [3.8, 4) is 73.2 Å². The van der Waals surface area contributed by atoms with Crippen molar-refractivity contribution in [2.75, 3.05) is 24.1 Å². The fourth-order valence-corrected chi connectivity index (χ4v) is 19.6. The van der Waals surface area contributed by atoms with E-state index >= 15 is 0 Å². The third-order valence-corrected chi connectivity index (χ3v) is 24.5. The average molecular weight is 1450 g/mol. The van der Waals surface area contributed by atoms with Crippen LogP contribution in [0.1, 0.15) is 0 Å². The quantitative estimate of drug-likeness (QED) is 0.126. The van der Waals surface area contributed by atoms with Gasteiger partial charge in [-0.25, -0.2) is 0 Å². The predicted octanol–water partition coefficient (Wildman–Crippen LogP) is 20.2. The first-order valence-electron chi connectivity index (χ1n) is 39.4. The lowest BCUT2D eigenvalue weighted by Crippen LogP contribution is -2.56. The van der Waals surface area contributed by atoms with E-state index in [0.717, 1.165) is 129 Å². The third kappa shape index (κ3) is 9.83. The van der Waals surface area contributed by atoms with Crippen LogP contribution >= 0.6 is 0 Å². The van der Waals surface area contributed by atoms with Crippen LogP contribution in [0, 0.1) is 0 Å². The van der Waals surface area contributed by atoms with Crippen molar-refractivity contribution < 1.29 is 9.47 Å². The van der Waals surface area contributed by atoms with Crippen molar-refractivity contribution in [3.05, 3.63) is 400 Å². The van der Waals surface area contributed by atoms with E-state index in [-0.39, 0.29) is 27.4 Å². The Morgan fingerprint density at radius 2 is 0.658 bits per heavy atom. The summed E-state index contributed by atoms with van der Waals surface area (Å²) in [6, 6.07) is 147. The van der Waals surface area contributed by atoms with Crippen LogP contribution in [0.2, 0.25) is 0 Å². The summed E-state index contributed by atoms with van der Waals surface area (Å²) in [5, 5.41) is 2.31. The molecule has 0 spiro atoms. The SMILES string of the molecule is c1ccc(B2c3ccccc3Oc3cc(-c4ccc(N5B6c7ccccc7-c7ccc(-c8cccc(N(c9ccccc9)c9ccc%10c(c9)c9ccccc9n%10-c9ccc%10c(c9)Oc9cc(N%11B%12c%13ccccc%13-c%13ccccc%13N%12c%12ccccc%12%11)ccc9B%10c9ccccc9)c8)cc7N6c6ccccc65)cc4)ccc32)cc1. The molecule has 114 heavy (non-hydrogen) atoms. The zero-order chi connectivity index (χ0) is 74.6. The van der Waals surface area contributed by atoms with Gasteiger partial charge >= 0.3 is 14.0 Å². The molecule has 0 radical (unpaired) electrons. The van der Waals surface area contributed by atoms with Crippen molar-refractivity contribution in [3.63, 3.8) is 0 Å². The minimum Gasteiger partial charge on any atom is -0.458 e. The fraction of sp³-hybridized carbons (Fsp3) is 0. The lowest BCUT2D eigenvalue weighted by Gasteiger charge is -2.36. The maximum atomic E-state index is 7.40. The van der Waals surface area contributed by atoms with Gasteiger partial charge in [0, 0.05) is 79.5 Å². The molecule has 6 aliphatic rings. The second-order valence-corrected chi connectivity index (χ2v) is 30.6. The van der Waals surface area contributed by atoms with Crippen LogP contribution in [-0.2, 0) is 0 Å². The van der Waals surface area contributed by atoms with Gasteiger partial charge in [-0.3, -0.25) is 0 Å². The lowest BCUT2D eigenvalue weighted by atomic mass is 9.36. The first kappa shape index (κ1) is 64.2. The monoisotopic (exact) mass is 1450 g/mol. The first-order valence-corrected chi connectivity index (χ1v) is 39.4. The molecule has 0 aliphatic carbocycles. The molecule has 6 aliphatic heterocycles. The predicted molar refractivity (Wildman–Crippen MR) is 478 cm³/mol. The van der Waals surface area contributed by atoms with Crippen LogP contribution in [0.15, 0.2) is 400 Å². The molecule has 7 heterocycles. The lowest BCUT2D eigenvalue weighted by molar-refractivity contribution is 0.487. The Kier molecular flexibility index (Phi) is 14.4. The Hall–Kier alpha value is -14.6. The molecule has 17 aromatic carbocycles. The minimum absolute atomic E-state index is 0.0679. The maximum absolute atomic E-state index is 7.40. The Bertz CT molecular complexity index is 6980. The van der Waals surface area contributed by atoms with Gasteiger partial charge in [0.05, 0.1) is 33.8 Å². The number of fused-ring (bicyclic) bond motifs is 23. The first-order chi connectivity index (χ1) is 56.6. The molecule has 0 N–H and O–H groups in total. The van der Waals surface area contributed by atoms with Crippen LogP contribution in [0.3, 0.4) is 0 Å². The topological polar surface area (TPSA) is 39.6 Å². The second-order valence-electron chi connectivity index (χ2n) is 30.6. The highest BCUT2D eigenvalue weighted by molar-refractivity contribution is 6.97. The van der Waals surface area contributed by atoms with E-state index in [2.05, 4.69) is 429 Å². The van der Waals surface area contributed by atoms with Crippen LogP contribution in [0.4, 0.5) is 62.6 Å². The summed E-state index contributed by atoms with van der Waals surface area (Å²) in [6.07, 6.45) is 0. The Balaban J connectivity index is 0.570. The Morgan fingerprint density at radius 1 is 0.219 bits per heavy atom. The van der Waals surface area contributed by atoms with E-state index in [0.29, 0.717) is 0 Å². The molecule has 18 aromatic rings. The van der Waals surface area contributed by atoms with Gasteiger partial charge in [-0.1, -0.05) is 278 Å². The normalized spacial score (nSPS) is 13.4. The Labute approximate surface area is 662 Å². The van der Waals surface area contributed by atoms with Crippen LogP contribution in [-0.4, -0.2) is 32.0 Å². The highest BCUT2D eigenvalue weighted by Crippen LogP contribution is 2.55. The van der Waals surface area contributed by atoms with Crippen LogP contribution in [0.5, 0.6) is 23.0 Å². The van der Waals surface area contributed by atoms with E-state index in [4.69, 9.17) is 9.47 Å². The van der Waals surface area contributed by atoms with Gasteiger partial charge in [0.1, 0.15) is 23.0 Å². The van der Waals surface area contributed by atoms with Crippen molar-refractivity contribution in [1.29, 1.82) is 0 Å². The highest BCUT2D eigenvalue weighted by Gasteiger charge is 2.50. The molecule has 528 valence electrons. The van der Waals surface area contributed by atoms with E-state index < -0.39 is 0 Å². The Morgan fingerprint density at radius 3 is 1.34 bits per heavy atom. The van der Waals surface area contributed by atoms with Gasteiger partial charge in [0.15, 0.2) is 0 Å². The molecule has 0 saturated carbocycles. The average Bonchev–Trinajstić information content (AvgIpc) is 1.54. The van der Waals surface area contributed by atoms with Crippen LogP contribution in [0.25, 0.3) is 72.0 Å². The molecule has 8 nitrogen and oxygen atoms in total. The molecule has 0 unspecified atom stereocenters. The molecule has 24 rings (SSSR count). The number of aromatic nitrogens is 1. The maximum Gasteiger partial charge on any atom is 0.421 e. The summed E-state index contributed by atoms with van der Waals surface area (Å²) >= 11 is 0. The number of para-hydroxylation sites is 8. The van der Waals surface area contributed by atoms with Gasteiger partial charge in [-0.05, 0) is 187 Å². The summed E-state index contributed by atoms with van der Waals surface area (Å²) in [4.78, 5) is 12.5. The summed E-state index contributed by atoms with van der Waals surface area (Å²) in [5.41, 5.74) is 34.6. The zero-order valence-corrected chi connectivity index (χ0v) is 61.9. The molecule has 0 fully saturated rings. The zero-order valence-electron chi connectivity index (χ0n) is 61.9. The van der Waals surface area contributed by atoms with Crippen LogP contribution < -0.4 is 77.3 Å². The molecule has 1 aromatic heterocycles. The molecule has 0 bridgehead atoms. The van der Waals surface area contributed by atoms with Crippen molar-refractivity contribution in [1.82, 2.24) is 4.57 Å². The summed E-state index contributed by atoms with van der Waals surface area (Å²) in [6.45, 7) is -0.248. The number of anilines is 11. The summed E-state index contributed by atoms with van der Waals surface area (Å²) in [7, 11) is 0. The number of hydrogen-bond donors (Lipinski definition) is 0. The fourth-order valence-electron chi connectivity index (χ4n) is 19.6. The van der Waals surface area contributed by atoms with Gasteiger partial charge in [0.2, 0.25) is 0 Å². The van der Waals surface area contributed by atoms with Gasteiger partial charge in [-0.15, -0.1) is 0 Å². The molecule has 0 atom stereocenters. The van der Waals surface area contributed by atoms with Crippen molar-refractivity contribution >= 4 is 155 Å². The van der Waals surface area contributed by atoms with E-state index in [9.17, 15) is 0 Å². The smallest absolute Gasteiger partial charge is 0.421 e. The molecule has 0 amide bonds. The molecule has 12 heteroatoms. The van der Waals surface area contributed by atoms with Crippen molar-refractivity contribution in [2.45, 2.75) is 0 Å². The van der Waals surface area contributed by atoms with Gasteiger partial charge < -0.3 is 38.2 Å². The van der Waals surface area contributed by atoms with E-state index in [1.54, 1.807) is 0 Å². The minimum atomic E-state index is -0.151. The summed E-state index contributed by atoms with van der Waals surface area (Å²) in [5.74, 6) is 3.48. The van der Waals surface area contributed by atoms with E-state index in [1.807, 2.05) is 0 Å². The molecular weight excluding hydrogens is 1380 g/mol. The van der Waals surface area contributed by atoms with Crippen molar-refractivity contribution in [2.24, 2.45) is 0 Å². The molecular formula is C102H66B4N6O2. The number of nitrogens with zero attached hydrogens (tertiary/aromatic N) is 6. The number of hydrogen-bond acceptors (Lipinski definition) is 7. The van der Waals surface area contributed by atoms with E-state index in [1.165, 1.54) is 72.1 Å². The highest BCUT2D eigenvalue weighted by atomic mass is 16.5. The number of benzene rings is 17. The van der Waals surface area contributed by atoms with Gasteiger partial charge in [-0.2, -0.15) is 0 Å². The number of rotatable bonds is 10. The number of ether oxygens (including phenoxy) is 2. The van der Waals surface area contributed by atoms with Gasteiger partial charge in [0.25, 0.3) is 13.4 Å². The second kappa shape index (κ2) is 25.5. The third-order valence-electron chi connectivity index (χ3n) is 24.5. The standard InChI is InChI=1S/C102H66B4N6O2/c1-4-26-71(27-5-1)103-87-39-16-23-46-99(87)113-100-63-70(50-57-88(100)103)67-47-51-74(52-48-67)109-94-42-19-22-45-97(94)112-98-62-69(49-56-83(98)80-34-11-15-38-86(80)105(109)112)68-25-24-32-75(61-68)107(73-30-8-3-9-31-73)76-55-60-92-84(64-76)82-36-12-17-40-91(82)108(92)77-53-58-89-101(65-77)114-102-66-78(54-59-90(102)104(89)72-28-6-2-7-29-72)110-95-43-20-21-44-96(95)111-93-41-18-13-35-81(93)79-33-10-14-37-85(79)106(110)111/h1-66H.